The van der Waals surface area contributed by atoms with Crippen molar-refractivity contribution < 1.29 is 37.7 Å². The summed E-state index contributed by atoms with van der Waals surface area (Å²) in [4.78, 5) is 23.6. The highest BCUT2D eigenvalue weighted by Gasteiger charge is 2.43. The zero-order valence-electron chi connectivity index (χ0n) is 13.3. The van der Waals surface area contributed by atoms with Crippen molar-refractivity contribution in [3.8, 4) is 11.4 Å². The van der Waals surface area contributed by atoms with Crippen LogP contribution in [0.2, 0.25) is 0 Å². The molecule has 2 atom stereocenters. The minimum atomic E-state index is -5.08. The predicted octanol–water partition coefficient (Wildman–Crippen LogP) is 2.61. The van der Waals surface area contributed by atoms with Gasteiger partial charge in [0.25, 0.3) is 0 Å². The SMILES string of the molecule is O=C(O)C(F)(F)F.O=C(O)[C@@H]1C[C@H]1COc1cccc(-n2ccnc2)c1. The first-order valence-corrected chi connectivity index (χ1v) is 7.42. The number of aliphatic carboxylic acids is 2. The highest BCUT2D eigenvalue weighted by molar-refractivity contribution is 5.73. The van der Waals surface area contributed by atoms with E-state index >= 15 is 0 Å². The van der Waals surface area contributed by atoms with Gasteiger partial charge in [0.2, 0.25) is 0 Å². The summed E-state index contributed by atoms with van der Waals surface area (Å²) in [6.45, 7) is 0.463. The topological polar surface area (TPSA) is 102 Å². The molecule has 26 heavy (non-hydrogen) atoms. The van der Waals surface area contributed by atoms with Crippen LogP contribution in [0.15, 0.2) is 43.0 Å². The van der Waals surface area contributed by atoms with Gasteiger partial charge in [-0.2, -0.15) is 13.2 Å². The van der Waals surface area contributed by atoms with E-state index in [0.717, 1.165) is 17.9 Å². The summed E-state index contributed by atoms with van der Waals surface area (Å²) in [5.41, 5.74) is 0.973. The van der Waals surface area contributed by atoms with Gasteiger partial charge >= 0.3 is 18.1 Å². The molecule has 1 fully saturated rings. The molecule has 1 heterocycles. The Morgan fingerprint density at radius 3 is 2.50 bits per heavy atom. The fraction of sp³-hybridized carbons (Fsp3) is 0.312. The van der Waals surface area contributed by atoms with Gasteiger partial charge in [-0.1, -0.05) is 6.07 Å². The van der Waals surface area contributed by atoms with Gasteiger partial charge in [-0.05, 0) is 18.6 Å². The summed E-state index contributed by atoms with van der Waals surface area (Å²) in [5.74, 6) is -2.80. The molecule has 1 saturated carbocycles. The Bertz CT molecular complexity index is 761. The van der Waals surface area contributed by atoms with Crippen LogP contribution in [0.25, 0.3) is 5.69 Å². The lowest BCUT2D eigenvalue weighted by Crippen LogP contribution is -2.21. The zero-order valence-corrected chi connectivity index (χ0v) is 13.3. The quantitative estimate of drug-likeness (QED) is 0.837. The molecule has 1 aromatic heterocycles. The van der Waals surface area contributed by atoms with E-state index in [9.17, 15) is 18.0 Å². The standard InChI is InChI=1S/C14H14N2O3.C2HF3O2/c17-14(18)13-6-10(13)8-19-12-3-1-2-11(7-12)16-5-4-15-9-16;3-2(4,5)1(6)7/h1-5,7,9-10,13H,6,8H2,(H,17,18);(H,6,7)/t10-,13+;/m0./s1. The van der Waals surface area contributed by atoms with Gasteiger partial charge in [0.1, 0.15) is 5.75 Å². The second-order valence-corrected chi connectivity index (χ2v) is 5.52. The molecular weight excluding hydrogens is 357 g/mol. The Morgan fingerprint density at radius 2 is 2.00 bits per heavy atom. The monoisotopic (exact) mass is 372 g/mol. The first kappa shape index (κ1) is 19.3. The van der Waals surface area contributed by atoms with E-state index in [1.807, 2.05) is 35.0 Å². The number of alkyl halides is 3. The lowest BCUT2D eigenvalue weighted by molar-refractivity contribution is -0.192. The first-order chi connectivity index (χ1) is 12.2. The van der Waals surface area contributed by atoms with Crippen LogP contribution in [0.5, 0.6) is 5.75 Å². The van der Waals surface area contributed by atoms with E-state index in [1.54, 1.807) is 12.5 Å². The minimum Gasteiger partial charge on any atom is -0.493 e. The van der Waals surface area contributed by atoms with Crippen LogP contribution in [0.3, 0.4) is 0 Å². The number of ether oxygens (including phenoxy) is 1. The van der Waals surface area contributed by atoms with Crippen LogP contribution in [-0.2, 0) is 9.59 Å². The van der Waals surface area contributed by atoms with E-state index < -0.39 is 18.1 Å². The number of halogens is 3. The van der Waals surface area contributed by atoms with Gasteiger partial charge in [-0.15, -0.1) is 0 Å². The molecule has 0 unspecified atom stereocenters. The summed E-state index contributed by atoms with van der Waals surface area (Å²) in [5, 5.41) is 15.9. The number of benzene rings is 1. The third kappa shape index (κ3) is 5.50. The minimum absolute atomic E-state index is 0.148. The number of hydrogen-bond acceptors (Lipinski definition) is 4. The molecule has 1 aromatic carbocycles. The fourth-order valence-electron chi connectivity index (χ4n) is 2.08. The average molecular weight is 372 g/mol. The lowest BCUT2D eigenvalue weighted by Gasteiger charge is -2.08. The van der Waals surface area contributed by atoms with Gasteiger partial charge in [0, 0.05) is 24.4 Å². The molecule has 2 aromatic rings. The molecule has 1 aliphatic rings. The van der Waals surface area contributed by atoms with Gasteiger partial charge in [-0.25, -0.2) is 9.78 Å². The van der Waals surface area contributed by atoms with Crippen molar-refractivity contribution in [3.05, 3.63) is 43.0 Å². The number of rotatable bonds is 5. The highest BCUT2D eigenvalue weighted by Crippen LogP contribution is 2.38. The Hall–Kier alpha value is -3.04. The van der Waals surface area contributed by atoms with Crippen molar-refractivity contribution in [2.75, 3.05) is 6.61 Å². The number of carboxylic acids is 2. The van der Waals surface area contributed by atoms with Gasteiger partial charge in [0.15, 0.2) is 0 Å². The van der Waals surface area contributed by atoms with Crippen LogP contribution >= 0.6 is 0 Å². The molecule has 3 rings (SSSR count). The molecule has 10 heteroatoms. The normalized spacial score (nSPS) is 18.4. The molecule has 0 bridgehead atoms. The number of carboxylic acid groups (broad SMARTS) is 2. The molecule has 7 nitrogen and oxygen atoms in total. The number of aromatic nitrogens is 2. The number of carbonyl (C=O) groups is 2. The van der Waals surface area contributed by atoms with Crippen molar-refractivity contribution in [1.82, 2.24) is 9.55 Å². The maximum atomic E-state index is 10.7. The van der Waals surface area contributed by atoms with E-state index in [2.05, 4.69) is 4.98 Å². The number of imidazole rings is 1. The third-order valence-electron chi connectivity index (χ3n) is 3.57. The Labute approximate surface area is 145 Å². The molecular formula is C16H15F3N2O5. The summed E-state index contributed by atoms with van der Waals surface area (Å²) >= 11 is 0. The van der Waals surface area contributed by atoms with Gasteiger partial charge in [0.05, 0.1) is 24.5 Å². The largest absolute Gasteiger partial charge is 0.493 e. The van der Waals surface area contributed by atoms with Crippen LogP contribution in [0, 0.1) is 11.8 Å². The predicted molar refractivity (Wildman–Crippen MR) is 82.0 cm³/mol. The molecule has 2 N–H and O–H groups in total. The van der Waals surface area contributed by atoms with E-state index in [1.165, 1.54) is 0 Å². The fourth-order valence-corrected chi connectivity index (χ4v) is 2.08. The lowest BCUT2D eigenvalue weighted by atomic mass is 10.3. The van der Waals surface area contributed by atoms with Crippen molar-refractivity contribution >= 4 is 11.9 Å². The summed E-state index contributed by atoms with van der Waals surface area (Å²) < 4.78 is 39.3. The molecule has 0 aliphatic heterocycles. The van der Waals surface area contributed by atoms with Crippen LogP contribution in [-0.4, -0.2) is 44.5 Å². The van der Waals surface area contributed by atoms with Gasteiger partial charge < -0.3 is 19.5 Å². The average Bonchev–Trinajstić information content (AvgIpc) is 3.15. The second-order valence-electron chi connectivity index (χ2n) is 5.52. The van der Waals surface area contributed by atoms with Crippen molar-refractivity contribution in [2.45, 2.75) is 12.6 Å². The van der Waals surface area contributed by atoms with Crippen molar-refractivity contribution in [2.24, 2.45) is 11.8 Å². The molecule has 140 valence electrons. The van der Waals surface area contributed by atoms with Gasteiger partial charge in [-0.3, -0.25) is 4.79 Å². The molecule has 0 amide bonds. The Kier molecular flexibility index (Phi) is 5.86. The Morgan fingerprint density at radius 1 is 1.31 bits per heavy atom. The summed E-state index contributed by atoms with van der Waals surface area (Å²) in [7, 11) is 0. The molecule has 0 saturated heterocycles. The maximum Gasteiger partial charge on any atom is 0.490 e. The van der Waals surface area contributed by atoms with Crippen LogP contribution in [0.1, 0.15) is 6.42 Å². The summed E-state index contributed by atoms with van der Waals surface area (Å²) in [6, 6.07) is 7.66. The second kappa shape index (κ2) is 7.89. The Balaban J connectivity index is 0.000000298. The molecule has 1 aliphatic carbocycles. The number of hydrogen-bond donors (Lipinski definition) is 2. The molecule has 0 radical (unpaired) electrons. The van der Waals surface area contributed by atoms with Crippen LogP contribution < -0.4 is 4.74 Å². The van der Waals surface area contributed by atoms with E-state index in [4.69, 9.17) is 19.7 Å². The maximum absolute atomic E-state index is 10.7. The first-order valence-electron chi connectivity index (χ1n) is 7.42. The zero-order chi connectivity index (χ0) is 19.3. The van der Waals surface area contributed by atoms with Crippen LogP contribution in [0.4, 0.5) is 13.2 Å². The van der Waals surface area contributed by atoms with E-state index in [-0.39, 0.29) is 11.8 Å². The summed E-state index contributed by atoms with van der Waals surface area (Å²) in [6.07, 6.45) is 0.937. The van der Waals surface area contributed by atoms with Crippen molar-refractivity contribution in [1.29, 1.82) is 0 Å². The number of nitrogens with zero attached hydrogens (tertiary/aromatic N) is 2. The molecule has 0 spiro atoms. The van der Waals surface area contributed by atoms with E-state index in [0.29, 0.717) is 6.61 Å². The third-order valence-corrected chi connectivity index (χ3v) is 3.57. The highest BCUT2D eigenvalue weighted by atomic mass is 19.4. The smallest absolute Gasteiger partial charge is 0.490 e. The van der Waals surface area contributed by atoms with Crippen molar-refractivity contribution in [3.63, 3.8) is 0 Å².